The fourth-order valence-corrected chi connectivity index (χ4v) is 4.02. The Bertz CT molecular complexity index is 221. The fraction of sp³-hybridized carbons (Fsp3) is 1.00. The van der Waals surface area contributed by atoms with Crippen LogP contribution in [0.2, 0.25) is 0 Å². The first-order chi connectivity index (χ1) is 7.38. The van der Waals surface area contributed by atoms with E-state index in [9.17, 15) is 0 Å². The normalized spacial score (nSPS) is 44.6. The molecule has 0 aromatic heterocycles. The van der Waals surface area contributed by atoms with Gasteiger partial charge in [0.2, 0.25) is 0 Å². The molecule has 0 bridgehead atoms. The highest BCUT2D eigenvalue weighted by molar-refractivity contribution is 5.02. The van der Waals surface area contributed by atoms with Crippen LogP contribution in [0.3, 0.4) is 0 Å². The van der Waals surface area contributed by atoms with E-state index in [1.165, 1.54) is 44.9 Å². The zero-order valence-electron chi connectivity index (χ0n) is 10.0. The summed E-state index contributed by atoms with van der Waals surface area (Å²) in [5.41, 5.74) is 0. The third-order valence-electron chi connectivity index (χ3n) is 5.24. The summed E-state index contributed by atoms with van der Waals surface area (Å²) < 4.78 is 0. The van der Waals surface area contributed by atoms with E-state index in [4.69, 9.17) is 0 Å². The largest absolute Gasteiger partial charge is 0.311 e. The van der Waals surface area contributed by atoms with Gasteiger partial charge in [-0.15, -0.1) is 0 Å². The first-order valence-corrected chi connectivity index (χ1v) is 7.14. The Labute approximate surface area is 94.0 Å². The topological polar surface area (TPSA) is 12.0 Å². The van der Waals surface area contributed by atoms with Crippen LogP contribution in [0.5, 0.6) is 0 Å². The lowest BCUT2D eigenvalue weighted by molar-refractivity contribution is 0.159. The van der Waals surface area contributed by atoms with E-state index in [0.717, 1.165) is 29.8 Å². The molecule has 0 spiro atoms. The van der Waals surface area contributed by atoms with Crippen molar-refractivity contribution in [2.75, 3.05) is 0 Å². The monoisotopic (exact) mass is 207 g/mol. The van der Waals surface area contributed by atoms with Crippen molar-refractivity contribution in [1.29, 1.82) is 0 Å². The summed E-state index contributed by atoms with van der Waals surface area (Å²) in [4.78, 5) is 0. The standard InChI is InChI=1S/C14H25N/c1-2-4-11-9-10-7-8-13(10)14(11)15-12-5-3-6-12/h10-15H,2-9H2,1H3. The molecular weight excluding hydrogens is 182 g/mol. The van der Waals surface area contributed by atoms with Crippen LogP contribution in [0.15, 0.2) is 0 Å². The lowest BCUT2D eigenvalue weighted by atomic mass is 9.74. The zero-order valence-corrected chi connectivity index (χ0v) is 10.0. The minimum absolute atomic E-state index is 0.897. The number of hydrogen-bond acceptors (Lipinski definition) is 1. The maximum Gasteiger partial charge on any atom is 0.0129 e. The molecule has 3 rings (SSSR count). The number of rotatable bonds is 4. The predicted molar refractivity (Wildman–Crippen MR) is 63.8 cm³/mol. The summed E-state index contributed by atoms with van der Waals surface area (Å²) in [5.74, 6) is 3.20. The van der Waals surface area contributed by atoms with E-state index >= 15 is 0 Å². The van der Waals surface area contributed by atoms with Crippen molar-refractivity contribution < 1.29 is 0 Å². The van der Waals surface area contributed by atoms with Crippen LogP contribution in [-0.2, 0) is 0 Å². The lowest BCUT2D eigenvalue weighted by Gasteiger charge is -2.39. The summed E-state index contributed by atoms with van der Waals surface area (Å²) in [6.07, 6.45) is 11.8. The van der Waals surface area contributed by atoms with Gasteiger partial charge in [-0.1, -0.05) is 19.8 Å². The van der Waals surface area contributed by atoms with Gasteiger partial charge in [0.15, 0.2) is 0 Å². The molecule has 0 aliphatic heterocycles. The Balaban J connectivity index is 1.60. The first kappa shape index (κ1) is 10.1. The van der Waals surface area contributed by atoms with E-state index in [-0.39, 0.29) is 0 Å². The second kappa shape index (κ2) is 4.08. The van der Waals surface area contributed by atoms with Crippen molar-refractivity contribution in [3.63, 3.8) is 0 Å². The van der Waals surface area contributed by atoms with E-state index in [2.05, 4.69) is 12.2 Å². The summed E-state index contributed by atoms with van der Waals surface area (Å²) >= 11 is 0. The zero-order chi connectivity index (χ0) is 10.3. The number of nitrogens with one attached hydrogen (secondary N) is 1. The molecule has 0 aromatic rings. The van der Waals surface area contributed by atoms with Crippen LogP contribution in [0.4, 0.5) is 0 Å². The third kappa shape index (κ3) is 1.73. The van der Waals surface area contributed by atoms with Crippen LogP contribution in [0, 0.1) is 17.8 Å². The molecule has 15 heavy (non-hydrogen) atoms. The summed E-state index contributed by atoms with van der Waals surface area (Å²) in [6, 6.07) is 1.81. The highest BCUT2D eigenvalue weighted by Gasteiger charge is 2.47. The third-order valence-corrected chi connectivity index (χ3v) is 5.24. The summed E-state index contributed by atoms with van der Waals surface area (Å²) in [6.45, 7) is 2.35. The van der Waals surface area contributed by atoms with Gasteiger partial charge in [-0.3, -0.25) is 0 Å². The molecule has 0 amide bonds. The summed E-state index contributed by atoms with van der Waals surface area (Å²) in [7, 11) is 0. The molecule has 1 N–H and O–H groups in total. The van der Waals surface area contributed by atoms with Crippen LogP contribution >= 0.6 is 0 Å². The van der Waals surface area contributed by atoms with Gasteiger partial charge in [0.05, 0.1) is 0 Å². The van der Waals surface area contributed by atoms with Crippen molar-refractivity contribution >= 4 is 0 Å². The maximum atomic E-state index is 3.98. The molecule has 3 aliphatic rings. The highest BCUT2D eigenvalue weighted by atomic mass is 15.0. The second-order valence-corrected chi connectivity index (χ2v) is 6.11. The van der Waals surface area contributed by atoms with E-state index in [1.54, 1.807) is 6.42 Å². The van der Waals surface area contributed by atoms with Crippen molar-refractivity contribution in [1.82, 2.24) is 5.32 Å². The van der Waals surface area contributed by atoms with Crippen LogP contribution < -0.4 is 5.32 Å². The van der Waals surface area contributed by atoms with E-state index in [1.807, 2.05) is 0 Å². The molecule has 86 valence electrons. The van der Waals surface area contributed by atoms with Crippen LogP contribution in [0.25, 0.3) is 0 Å². The molecule has 4 atom stereocenters. The smallest absolute Gasteiger partial charge is 0.0129 e. The van der Waals surface area contributed by atoms with Gasteiger partial charge in [0, 0.05) is 12.1 Å². The molecule has 1 heteroatoms. The predicted octanol–water partition coefficient (Wildman–Crippen LogP) is 3.34. The van der Waals surface area contributed by atoms with Crippen molar-refractivity contribution in [2.45, 2.75) is 70.4 Å². The van der Waals surface area contributed by atoms with Gasteiger partial charge in [0.1, 0.15) is 0 Å². The average Bonchev–Trinajstić information content (AvgIpc) is 2.34. The Hall–Kier alpha value is -0.0400. The van der Waals surface area contributed by atoms with Gasteiger partial charge < -0.3 is 5.32 Å². The number of hydrogen-bond donors (Lipinski definition) is 1. The molecule has 1 nitrogen and oxygen atoms in total. The number of fused-ring (bicyclic) bond motifs is 1. The highest BCUT2D eigenvalue weighted by Crippen LogP contribution is 2.51. The Morgan fingerprint density at radius 2 is 2.00 bits per heavy atom. The fourth-order valence-electron chi connectivity index (χ4n) is 4.02. The van der Waals surface area contributed by atoms with Gasteiger partial charge in [-0.05, 0) is 56.3 Å². The quantitative estimate of drug-likeness (QED) is 0.745. The Morgan fingerprint density at radius 3 is 2.53 bits per heavy atom. The summed E-state index contributed by atoms with van der Waals surface area (Å²) in [5, 5.41) is 3.98. The average molecular weight is 207 g/mol. The molecule has 4 unspecified atom stereocenters. The van der Waals surface area contributed by atoms with Gasteiger partial charge >= 0.3 is 0 Å². The molecule has 3 aliphatic carbocycles. The Morgan fingerprint density at radius 1 is 1.13 bits per heavy atom. The molecule has 0 aromatic carbocycles. The first-order valence-electron chi connectivity index (χ1n) is 7.14. The molecule has 3 fully saturated rings. The maximum absolute atomic E-state index is 3.98. The lowest BCUT2D eigenvalue weighted by Crippen LogP contribution is -2.48. The van der Waals surface area contributed by atoms with Crippen molar-refractivity contribution in [3.8, 4) is 0 Å². The van der Waals surface area contributed by atoms with Crippen LogP contribution in [0.1, 0.15) is 58.3 Å². The minimum atomic E-state index is 0.897. The molecule has 3 saturated carbocycles. The van der Waals surface area contributed by atoms with Crippen LogP contribution in [-0.4, -0.2) is 12.1 Å². The van der Waals surface area contributed by atoms with Crippen molar-refractivity contribution in [3.05, 3.63) is 0 Å². The second-order valence-electron chi connectivity index (χ2n) is 6.11. The van der Waals surface area contributed by atoms with Crippen molar-refractivity contribution in [2.24, 2.45) is 17.8 Å². The van der Waals surface area contributed by atoms with Gasteiger partial charge in [0.25, 0.3) is 0 Å². The molecule has 0 radical (unpaired) electrons. The molecular formula is C14H25N. The van der Waals surface area contributed by atoms with E-state index < -0.39 is 0 Å². The minimum Gasteiger partial charge on any atom is -0.311 e. The Kier molecular flexibility index (Phi) is 2.76. The van der Waals surface area contributed by atoms with Gasteiger partial charge in [-0.25, -0.2) is 0 Å². The van der Waals surface area contributed by atoms with Gasteiger partial charge in [-0.2, -0.15) is 0 Å². The van der Waals surface area contributed by atoms with E-state index in [0.29, 0.717) is 0 Å². The molecule has 0 heterocycles. The molecule has 0 saturated heterocycles. The SMILES string of the molecule is CCCC1CC2CCC2C1NC1CCC1.